The second-order valence-electron chi connectivity index (χ2n) is 8.65. The monoisotopic (exact) mass is 489 g/mol. The van der Waals surface area contributed by atoms with E-state index in [1.54, 1.807) is 39.5 Å². The van der Waals surface area contributed by atoms with Crippen molar-refractivity contribution in [3.05, 3.63) is 82.4 Å². The van der Waals surface area contributed by atoms with Crippen LogP contribution in [0.1, 0.15) is 37.4 Å². The molecule has 188 valence electrons. The number of benzene rings is 3. The predicted molar refractivity (Wildman–Crippen MR) is 138 cm³/mol. The van der Waals surface area contributed by atoms with Crippen LogP contribution in [0.15, 0.2) is 54.6 Å². The lowest BCUT2D eigenvalue weighted by Crippen LogP contribution is -2.32. The standard InChI is InChI=1S/C28H31N3O5/c1-34-24-14-18(8-9-23(24)30-28(33)22-7-5-4-6-21(22)27(29)32)10-12-31-13-11-19-15-25(35-2)26(36-3)16-20(19)17-31/h4-9,14-16H,10-13,17H2,1-3H3,(H2,29,32)(H,30,33). The van der Waals surface area contributed by atoms with E-state index in [-0.39, 0.29) is 11.1 Å². The minimum Gasteiger partial charge on any atom is -0.495 e. The predicted octanol–water partition coefficient (Wildman–Crippen LogP) is 3.66. The molecule has 1 aliphatic heterocycles. The van der Waals surface area contributed by atoms with Crippen molar-refractivity contribution in [3.8, 4) is 17.2 Å². The Hall–Kier alpha value is -4.04. The molecule has 3 aromatic rings. The van der Waals surface area contributed by atoms with E-state index in [0.29, 0.717) is 11.4 Å². The van der Waals surface area contributed by atoms with Gasteiger partial charge < -0.3 is 25.3 Å². The highest BCUT2D eigenvalue weighted by molar-refractivity contribution is 6.12. The first kappa shape index (κ1) is 25.1. The third-order valence-corrected chi connectivity index (χ3v) is 6.47. The smallest absolute Gasteiger partial charge is 0.256 e. The summed E-state index contributed by atoms with van der Waals surface area (Å²) in [6.07, 6.45) is 1.79. The van der Waals surface area contributed by atoms with Gasteiger partial charge in [0.05, 0.1) is 38.1 Å². The number of carbonyl (C=O) groups excluding carboxylic acids is 2. The Morgan fingerprint density at radius 2 is 1.56 bits per heavy atom. The number of primary amides is 1. The molecule has 36 heavy (non-hydrogen) atoms. The van der Waals surface area contributed by atoms with E-state index in [9.17, 15) is 9.59 Å². The Morgan fingerprint density at radius 3 is 2.22 bits per heavy atom. The third kappa shape index (κ3) is 5.44. The first-order valence-electron chi connectivity index (χ1n) is 11.8. The maximum atomic E-state index is 12.8. The first-order valence-corrected chi connectivity index (χ1v) is 11.8. The molecule has 0 aromatic heterocycles. The second kappa shape index (κ2) is 11.1. The minimum atomic E-state index is -0.652. The highest BCUT2D eigenvalue weighted by atomic mass is 16.5. The molecule has 0 aliphatic carbocycles. The summed E-state index contributed by atoms with van der Waals surface area (Å²) >= 11 is 0. The van der Waals surface area contributed by atoms with Gasteiger partial charge in [-0.3, -0.25) is 14.5 Å². The van der Waals surface area contributed by atoms with Crippen molar-refractivity contribution in [2.24, 2.45) is 5.73 Å². The summed E-state index contributed by atoms with van der Waals surface area (Å²) in [5.74, 6) is 0.995. The van der Waals surface area contributed by atoms with Gasteiger partial charge in [-0.05, 0) is 65.9 Å². The number of rotatable bonds is 9. The average molecular weight is 490 g/mol. The van der Waals surface area contributed by atoms with E-state index >= 15 is 0 Å². The van der Waals surface area contributed by atoms with Gasteiger partial charge in [0.25, 0.3) is 5.91 Å². The van der Waals surface area contributed by atoms with Gasteiger partial charge in [-0.1, -0.05) is 18.2 Å². The number of nitrogens with zero attached hydrogens (tertiary/aromatic N) is 1. The number of amides is 2. The molecule has 0 spiro atoms. The zero-order valence-corrected chi connectivity index (χ0v) is 20.8. The van der Waals surface area contributed by atoms with Crippen LogP contribution in [0.4, 0.5) is 5.69 Å². The van der Waals surface area contributed by atoms with Crippen LogP contribution >= 0.6 is 0 Å². The summed E-state index contributed by atoms with van der Waals surface area (Å²) in [5.41, 5.74) is 9.97. The lowest BCUT2D eigenvalue weighted by Gasteiger charge is -2.29. The molecule has 8 heteroatoms. The molecular formula is C28H31N3O5. The third-order valence-electron chi connectivity index (χ3n) is 6.47. The number of ether oxygens (including phenoxy) is 3. The van der Waals surface area contributed by atoms with Gasteiger partial charge in [-0.25, -0.2) is 0 Å². The molecular weight excluding hydrogens is 458 g/mol. The Bertz CT molecular complexity index is 1270. The molecule has 3 aromatic carbocycles. The molecule has 0 saturated carbocycles. The van der Waals surface area contributed by atoms with Crippen LogP contribution in [0.3, 0.4) is 0 Å². The number of nitrogens with two attached hydrogens (primary N) is 1. The summed E-state index contributed by atoms with van der Waals surface area (Å²) in [5, 5.41) is 2.83. The van der Waals surface area contributed by atoms with Crippen molar-refractivity contribution < 1.29 is 23.8 Å². The van der Waals surface area contributed by atoms with Crippen LogP contribution in [0, 0.1) is 0 Å². The van der Waals surface area contributed by atoms with Crippen LogP contribution in [0.25, 0.3) is 0 Å². The van der Waals surface area contributed by atoms with Gasteiger partial charge in [0.15, 0.2) is 11.5 Å². The normalized spacial score (nSPS) is 13.0. The fourth-order valence-corrected chi connectivity index (χ4v) is 4.50. The van der Waals surface area contributed by atoms with Crippen molar-refractivity contribution >= 4 is 17.5 Å². The van der Waals surface area contributed by atoms with Gasteiger partial charge in [-0.2, -0.15) is 0 Å². The molecule has 0 bridgehead atoms. The van der Waals surface area contributed by atoms with Gasteiger partial charge in [0, 0.05) is 19.6 Å². The largest absolute Gasteiger partial charge is 0.495 e. The molecule has 2 amide bonds. The fourth-order valence-electron chi connectivity index (χ4n) is 4.50. The summed E-state index contributed by atoms with van der Waals surface area (Å²) in [7, 11) is 4.88. The van der Waals surface area contributed by atoms with E-state index in [2.05, 4.69) is 22.3 Å². The van der Waals surface area contributed by atoms with Crippen LogP contribution in [-0.4, -0.2) is 51.1 Å². The van der Waals surface area contributed by atoms with Crippen molar-refractivity contribution in [2.45, 2.75) is 19.4 Å². The van der Waals surface area contributed by atoms with E-state index < -0.39 is 11.8 Å². The average Bonchev–Trinajstić information content (AvgIpc) is 2.91. The molecule has 0 saturated heterocycles. The highest BCUT2D eigenvalue weighted by Gasteiger charge is 2.20. The van der Waals surface area contributed by atoms with E-state index in [0.717, 1.165) is 49.5 Å². The number of hydrogen-bond acceptors (Lipinski definition) is 6. The quantitative estimate of drug-likeness (QED) is 0.476. The minimum absolute atomic E-state index is 0.171. The van der Waals surface area contributed by atoms with Gasteiger partial charge in [-0.15, -0.1) is 0 Å². The Morgan fingerprint density at radius 1 is 0.889 bits per heavy atom. The van der Waals surface area contributed by atoms with Crippen molar-refractivity contribution in [2.75, 3.05) is 39.7 Å². The molecule has 3 N–H and O–H groups in total. The molecule has 0 fully saturated rings. The summed E-state index contributed by atoms with van der Waals surface area (Å²) in [6, 6.07) is 16.3. The highest BCUT2D eigenvalue weighted by Crippen LogP contribution is 2.33. The molecule has 4 rings (SSSR count). The molecule has 1 aliphatic rings. The van der Waals surface area contributed by atoms with E-state index in [1.165, 1.54) is 17.2 Å². The first-order chi connectivity index (χ1) is 17.4. The number of fused-ring (bicyclic) bond motifs is 1. The number of carbonyl (C=O) groups is 2. The fraction of sp³-hybridized carbons (Fsp3) is 0.286. The van der Waals surface area contributed by atoms with E-state index in [1.807, 2.05) is 18.2 Å². The Labute approximate surface area is 211 Å². The van der Waals surface area contributed by atoms with Crippen LogP contribution in [0.2, 0.25) is 0 Å². The number of methoxy groups -OCH3 is 3. The summed E-state index contributed by atoms with van der Waals surface area (Å²) in [6.45, 7) is 2.70. The van der Waals surface area contributed by atoms with Crippen molar-refractivity contribution in [1.29, 1.82) is 0 Å². The zero-order valence-electron chi connectivity index (χ0n) is 20.8. The van der Waals surface area contributed by atoms with Gasteiger partial charge >= 0.3 is 0 Å². The molecule has 1 heterocycles. The van der Waals surface area contributed by atoms with Crippen molar-refractivity contribution in [1.82, 2.24) is 4.90 Å². The lowest BCUT2D eigenvalue weighted by atomic mass is 9.98. The maximum absolute atomic E-state index is 12.8. The Balaban J connectivity index is 1.42. The lowest BCUT2D eigenvalue weighted by molar-refractivity contribution is 0.0977. The number of nitrogens with one attached hydrogen (secondary N) is 1. The van der Waals surface area contributed by atoms with E-state index in [4.69, 9.17) is 19.9 Å². The molecule has 8 nitrogen and oxygen atoms in total. The van der Waals surface area contributed by atoms with Gasteiger partial charge in [0.2, 0.25) is 5.91 Å². The van der Waals surface area contributed by atoms with Crippen molar-refractivity contribution in [3.63, 3.8) is 0 Å². The number of anilines is 1. The molecule has 0 radical (unpaired) electrons. The zero-order chi connectivity index (χ0) is 25.7. The summed E-state index contributed by atoms with van der Waals surface area (Å²) < 4.78 is 16.4. The summed E-state index contributed by atoms with van der Waals surface area (Å²) in [4.78, 5) is 26.9. The van der Waals surface area contributed by atoms with Gasteiger partial charge in [0.1, 0.15) is 5.75 Å². The molecule has 0 atom stereocenters. The van der Waals surface area contributed by atoms with Crippen LogP contribution < -0.4 is 25.3 Å². The van der Waals surface area contributed by atoms with Crippen LogP contribution in [0.5, 0.6) is 17.2 Å². The van der Waals surface area contributed by atoms with Crippen LogP contribution in [-0.2, 0) is 19.4 Å². The Kier molecular flexibility index (Phi) is 7.75. The topological polar surface area (TPSA) is 103 Å². The second-order valence-corrected chi connectivity index (χ2v) is 8.65. The molecule has 0 unspecified atom stereocenters. The maximum Gasteiger partial charge on any atom is 0.256 e. The number of hydrogen-bond donors (Lipinski definition) is 2. The SMILES string of the molecule is COc1cc(CCN2CCc3cc(OC)c(OC)cc3C2)ccc1NC(=O)c1ccccc1C(N)=O.